The fraction of sp³-hybridized carbons (Fsp3) is 0.500. The lowest BCUT2D eigenvalue weighted by atomic mass is 9.98. The Labute approximate surface area is 158 Å². The molecule has 0 aromatic heterocycles. The smallest absolute Gasteiger partial charge is 0.308 e. The van der Waals surface area contributed by atoms with Gasteiger partial charge in [0.2, 0.25) is 5.91 Å². The number of rotatable bonds is 5. The number of amides is 2. The highest BCUT2D eigenvalue weighted by molar-refractivity contribution is 7.90. The molecule has 1 aromatic rings. The van der Waals surface area contributed by atoms with Crippen molar-refractivity contribution in [3.8, 4) is 0 Å². The molecule has 0 saturated carbocycles. The second-order valence-electron chi connectivity index (χ2n) is 6.93. The molecule has 1 unspecified atom stereocenters. The number of likely N-dealkylation sites (tertiary alicyclic amines) is 1. The van der Waals surface area contributed by atoms with E-state index in [-0.39, 0.29) is 29.5 Å². The van der Waals surface area contributed by atoms with Gasteiger partial charge < -0.3 is 14.9 Å². The summed E-state index contributed by atoms with van der Waals surface area (Å²) in [6, 6.07) is 4.39. The number of benzene rings is 1. The summed E-state index contributed by atoms with van der Waals surface area (Å²) in [5, 5.41) is 9.12. The van der Waals surface area contributed by atoms with Crippen LogP contribution in [0.5, 0.6) is 0 Å². The molecule has 1 atom stereocenters. The average Bonchev–Trinajstić information content (AvgIpc) is 2.60. The molecule has 0 radical (unpaired) electrons. The zero-order chi connectivity index (χ0) is 20.4. The van der Waals surface area contributed by atoms with Gasteiger partial charge in [-0.25, -0.2) is 8.42 Å². The van der Waals surface area contributed by atoms with E-state index in [1.165, 1.54) is 29.0 Å². The summed E-state index contributed by atoms with van der Waals surface area (Å²) in [6.45, 7) is 2.05. The normalized spacial score (nSPS) is 17.4. The van der Waals surface area contributed by atoms with Crippen molar-refractivity contribution in [2.45, 2.75) is 24.7 Å². The third-order valence-electron chi connectivity index (χ3n) is 4.68. The minimum Gasteiger partial charge on any atom is -0.481 e. The predicted octanol–water partition coefficient (Wildman–Crippen LogP) is 0.794. The number of carbonyl (C=O) groups is 3. The van der Waals surface area contributed by atoms with Gasteiger partial charge in [-0.05, 0) is 37.5 Å². The molecular weight excluding hydrogens is 372 g/mol. The topological polar surface area (TPSA) is 112 Å². The first-order valence-corrected chi connectivity index (χ1v) is 10.5. The van der Waals surface area contributed by atoms with Crippen LogP contribution < -0.4 is 0 Å². The molecule has 8 nitrogen and oxygen atoms in total. The number of hydrogen-bond acceptors (Lipinski definition) is 5. The number of carboxylic acid groups (broad SMARTS) is 1. The number of hydrogen-bond donors (Lipinski definition) is 1. The van der Waals surface area contributed by atoms with Crippen molar-refractivity contribution in [1.82, 2.24) is 9.80 Å². The van der Waals surface area contributed by atoms with Gasteiger partial charge in [0.1, 0.15) is 0 Å². The lowest BCUT2D eigenvalue weighted by molar-refractivity contribution is -0.145. The number of nitrogens with zero attached hydrogens (tertiary/aromatic N) is 2. The van der Waals surface area contributed by atoms with Gasteiger partial charge in [0.05, 0.1) is 17.4 Å². The SMILES string of the molecule is Cc1ccc(C(=O)N(C)CC(=O)N2CCCC(C(=O)O)C2)cc1S(C)(=O)=O. The largest absolute Gasteiger partial charge is 0.481 e. The summed E-state index contributed by atoms with van der Waals surface area (Å²) in [5.41, 5.74) is 0.721. The summed E-state index contributed by atoms with van der Waals surface area (Å²) in [6.07, 6.45) is 2.22. The Morgan fingerprint density at radius 3 is 2.56 bits per heavy atom. The van der Waals surface area contributed by atoms with E-state index in [1.807, 2.05) is 0 Å². The molecule has 1 saturated heterocycles. The summed E-state index contributed by atoms with van der Waals surface area (Å²) in [7, 11) is -2.01. The monoisotopic (exact) mass is 396 g/mol. The molecule has 2 rings (SSSR count). The Morgan fingerprint density at radius 1 is 1.30 bits per heavy atom. The molecule has 2 amide bonds. The van der Waals surface area contributed by atoms with Crippen LogP contribution in [0, 0.1) is 12.8 Å². The van der Waals surface area contributed by atoms with Crippen LogP contribution in [0.25, 0.3) is 0 Å². The fourth-order valence-electron chi connectivity index (χ4n) is 3.13. The van der Waals surface area contributed by atoms with Crippen LogP contribution in [0.15, 0.2) is 23.1 Å². The van der Waals surface area contributed by atoms with E-state index >= 15 is 0 Å². The van der Waals surface area contributed by atoms with Crippen LogP contribution in [0.4, 0.5) is 0 Å². The maximum Gasteiger partial charge on any atom is 0.308 e. The fourth-order valence-corrected chi connectivity index (χ4v) is 4.13. The van der Waals surface area contributed by atoms with Gasteiger partial charge in [-0.3, -0.25) is 14.4 Å². The zero-order valence-electron chi connectivity index (χ0n) is 15.6. The zero-order valence-corrected chi connectivity index (χ0v) is 16.5. The van der Waals surface area contributed by atoms with Crippen molar-refractivity contribution in [1.29, 1.82) is 0 Å². The Bertz CT molecular complexity index is 865. The first-order valence-electron chi connectivity index (χ1n) is 8.57. The second-order valence-corrected chi connectivity index (χ2v) is 8.91. The molecular formula is C18H24N2O6S. The third kappa shape index (κ3) is 5.06. The molecule has 0 spiro atoms. The highest BCUT2D eigenvalue weighted by atomic mass is 32.2. The van der Waals surface area contributed by atoms with Crippen molar-refractivity contribution in [2.75, 3.05) is 32.9 Å². The lowest BCUT2D eigenvalue weighted by Gasteiger charge is -2.32. The van der Waals surface area contributed by atoms with Crippen LogP contribution in [-0.2, 0) is 19.4 Å². The summed E-state index contributed by atoms with van der Waals surface area (Å²) >= 11 is 0. The number of carboxylic acids is 1. The standard InChI is InChI=1S/C18H24N2O6S/c1-12-6-7-13(9-15(12)27(3,25)26)17(22)19(2)11-16(21)20-8-4-5-14(10-20)18(23)24/h6-7,9,14H,4-5,8,10-11H2,1-3H3,(H,23,24). The third-order valence-corrected chi connectivity index (χ3v) is 5.92. The molecule has 1 N–H and O–H groups in total. The van der Waals surface area contributed by atoms with Gasteiger partial charge in [-0.1, -0.05) is 6.07 Å². The molecule has 27 heavy (non-hydrogen) atoms. The first-order chi connectivity index (χ1) is 12.5. The number of aryl methyl sites for hydroxylation is 1. The molecule has 1 fully saturated rings. The maximum absolute atomic E-state index is 12.6. The van der Waals surface area contributed by atoms with Crippen molar-refractivity contribution >= 4 is 27.6 Å². The number of carbonyl (C=O) groups excluding carboxylic acids is 2. The Hall–Kier alpha value is -2.42. The van der Waals surface area contributed by atoms with Crippen molar-refractivity contribution < 1.29 is 27.9 Å². The maximum atomic E-state index is 12.6. The van der Waals surface area contributed by atoms with Crippen molar-refractivity contribution in [2.24, 2.45) is 5.92 Å². The van der Waals surface area contributed by atoms with Crippen molar-refractivity contribution in [3.05, 3.63) is 29.3 Å². The van der Waals surface area contributed by atoms with Crippen LogP contribution >= 0.6 is 0 Å². The van der Waals surface area contributed by atoms with Gasteiger partial charge in [0.25, 0.3) is 5.91 Å². The summed E-state index contributed by atoms with van der Waals surface area (Å²) in [4.78, 5) is 38.9. The van der Waals surface area contributed by atoms with E-state index in [0.29, 0.717) is 24.9 Å². The van der Waals surface area contributed by atoms with E-state index in [4.69, 9.17) is 5.11 Å². The highest BCUT2D eigenvalue weighted by Gasteiger charge is 2.29. The molecule has 1 aromatic carbocycles. The van der Waals surface area contributed by atoms with Gasteiger partial charge in [-0.15, -0.1) is 0 Å². The highest BCUT2D eigenvalue weighted by Crippen LogP contribution is 2.19. The Kier molecular flexibility index (Phi) is 6.25. The quantitative estimate of drug-likeness (QED) is 0.788. The molecule has 0 bridgehead atoms. The predicted molar refractivity (Wildman–Crippen MR) is 98.2 cm³/mol. The van der Waals surface area contributed by atoms with E-state index in [2.05, 4.69) is 0 Å². The molecule has 148 valence electrons. The van der Waals surface area contributed by atoms with E-state index in [9.17, 15) is 22.8 Å². The van der Waals surface area contributed by atoms with Gasteiger partial charge >= 0.3 is 5.97 Å². The number of aliphatic carboxylic acids is 1. The van der Waals surface area contributed by atoms with Crippen LogP contribution in [0.1, 0.15) is 28.8 Å². The molecule has 1 aliphatic rings. The van der Waals surface area contributed by atoms with Crippen LogP contribution in [-0.4, -0.2) is 74.0 Å². The van der Waals surface area contributed by atoms with Gasteiger partial charge in [0.15, 0.2) is 9.84 Å². The Morgan fingerprint density at radius 2 is 1.96 bits per heavy atom. The van der Waals surface area contributed by atoms with E-state index in [1.54, 1.807) is 13.0 Å². The molecule has 9 heteroatoms. The minimum absolute atomic E-state index is 0.0772. The van der Waals surface area contributed by atoms with Crippen LogP contribution in [0.2, 0.25) is 0 Å². The second kappa shape index (κ2) is 8.08. The Balaban J connectivity index is 2.09. The lowest BCUT2D eigenvalue weighted by Crippen LogP contribution is -2.46. The average molecular weight is 396 g/mol. The van der Waals surface area contributed by atoms with E-state index < -0.39 is 27.6 Å². The number of sulfone groups is 1. The van der Waals surface area contributed by atoms with Crippen molar-refractivity contribution in [3.63, 3.8) is 0 Å². The summed E-state index contributed by atoms with van der Waals surface area (Å²) in [5.74, 6) is -2.31. The molecule has 1 aliphatic heterocycles. The van der Waals surface area contributed by atoms with E-state index in [0.717, 1.165) is 6.26 Å². The first kappa shape index (κ1) is 20.9. The number of piperidine rings is 1. The number of likely N-dealkylation sites (N-methyl/N-ethyl adjacent to an activating group) is 1. The van der Waals surface area contributed by atoms with Gasteiger partial charge in [-0.2, -0.15) is 0 Å². The molecule has 1 heterocycles. The minimum atomic E-state index is -3.47. The van der Waals surface area contributed by atoms with Crippen LogP contribution in [0.3, 0.4) is 0 Å². The van der Waals surface area contributed by atoms with Gasteiger partial charge in [0, 0.05) is 32.0 Å². The summed E-state index contributed by atoms with van der Waals surface area (Å²) < 4.78 is 23.7. The molecule has 0 aliphatic carbocycles.